The Morgan fingerprint density at radius 2 is 0.891 bits per heavy atom. The number of fused-ring (bicyclic) bond motifs is 6. The third kappa shape index (κ3) is 6.54. The fourth-order valence-electron chi connectivity index (χ4n) is 10.2. The molecule has 2 aromatic heterocycles. The first-order valence-corrected chi connectivity index (χ1v) is 22.4. The third-order valence-corrected chi connectivity index (χ3v) is 13.1. The average Bonchev–Trinajstić information content (AvgIpc) is 3.88. The maximum atomic E-state index is 2.50. The number of para-hydroxylation sites is 6. The van der Waals surface area contributed by atoms with E-state index in [1.807, 2.05) is 0 Å². The van der Waals surface area contributed by atoms with E-state index in [-0.39, 0.29) is 12.1 Å². The van der Waals surface area contributed by atoms with Crippen LogP contribution in [0.2, 0.25) is 0 Å². The molecule has 10 aromatic rings. The maximum absolute atomic E-state index is 2.50. The number of nitrogens with zero attached hydrogens (tertiary/aromatic N) is 4. The van der Waals surface area contributed by atoms with Crippen LogP contribution >= 0.6 is 0 Å². The van der Waals surface area contributed by atoms with E-state index in [1.165, 1.54) is 88.5 Å². The number of allylic oxidation sites excluding steroid dienone is 2. The topological polar surface area (TPSA) is 16.3 Å². The molecule has 2 heterocycles. The molecule has 2 aliphatic carbocycles. The van der Waals surface area contributed by atoms with Crippen molar-refractivity contribution in [2.75, 3.05) is 9.80 Å². The highest BCUT2D eigenvalue weighted by molar-refractivity contribution is 6.10. The minimum absolute atomic E-state index is 0.142. The van der Waals surface area contributed by atoms with E-state index in [2.05, 4.69) is 262 Å². The van der Waals surface area contributed by atoms with Gasteiger partial charge in [0, 0.05) is 60.9 Å². The van der Waals surface area contributed by atoms with Gasteiger partial charge in [0.2, 0.25) is 0 Å². The van der Waals surface area contributed by atoms with Gasteiger partial charge in [-0.15, -0.1) is 0 Å². The van der Waals surface area contributed by atoms with Gasteiger partial charge in [0.1, 0.15) is 0 Å². The molecule has 8 aromatic carbocycles. The molecule has 0 N–H and O–H groups in total. The van der Waals surface area contributed by atoms with Crippen LogP contribution in [0.1, 0.15) is 18.4 Å². The molecule has 2 atom stereocenters. The number of rotatable bonds is 9. The predicted octanol–water partition coefficient (Wildman–Crippen LogP) is 13.4. The molecule has 12 rings (SSSR count). The molecule has 4 heteroatoms. The van der Waals surface area contributed by atoms with Crippen molar-refractivity contribution in [1.29, 1.82) is 0 Å². The summed E-state index contributed by atoms with van der Waals surface area (Å²) in [5.41, 5.74) is 13.2. The van der Waals surface area contributed by atoms with Gasteiger partial charge in [0.25, 0.3) is 0 Å². The Bertz CT molecular complexity index is 3490. The van der Waals surface area contributed by atoms with Crippen LogP contribution in [-0.4, -0.2) is 21.2 Å². The Kier molecular flexibility index (Phi) is 9.41. The second kappa shape index (κ2) is 16.0. The smallest absolute Gasteiger partial charge is 0.0567 e. The maximum Gasteiger partial charge on any atom is 0.0567 e. The molecule has 0 aliphatic heterocycles. The summed E-state index contributed by atoms with van der Waals surface area (Å²) in [5.74, 6) is 0. The van der Waals surface area contributed by atoms with Crippen molar-refractivity contribution in [1.82, 2.24) is 9.13 Å². The number of hydrogen-bond donors (Lipinski definition) is 0. The van der Waals surface area contributed by atoms with Crippen LogP contribution < -0.4 is 20.4 Å². The van der Waals surface area contributed by atoms with Gasteiger partial charge in [-0.25, -0.2) is 0 Å². The minimum atomic E-state index is 0.142. The molecule has 0 radical (unpaired) electrons. The highest BCUT2D eigenvalue weighted by atomic mass is 15.2. The van der Waals surface area contributed by atoms with Crippen molar-refractivity contribution < 1.29 is 0 Å². The van der Waals surface area contributed by atoms with Gasteiger partial charge in [-0.1, -0.05) is 152 Å². The lowest BCUT2D eigenvalue weighted by atomic mass is 9.95. The normalized spacial score (nSPS) is 15.7. The monoisotopic (exact) mass is 822 g/mol. The van der Waals surface area contributed by atoms with Crippen LogP contribution in [0, 0.1) is 0 Å². The summed E-state index contributed by atoms with van der Waals surface area (Å²) in [6, 6.07) is 77.1. The molecule has 64 heavy (non-hydrogen) atoms. The number of anilines is 4. The molecule has 0 bridgehead atoms. The molecular weight excluding hydrogens is 777 g/mol. The first-order valence-electron chi connectivity index (χ1n) is 22.4. The van der Waals surface area contributed by atoms with E-state index in [4.69, 9.17) is 0 Å². The summed E-state index contributed by atoms with van der Waals surface area (Å²) in [6.07, 6.45) is 13.8. The van der Waals surface area contributed by atoms with Gasteiger partial charge >= 0.3 is 0 Å². The number of hydrogen-bond acceptors (Lipinski definition) is 2. The highest BCUT2D eigenvalue weighted by Crippen LogP contribution is 2.39. The van der Waals surface area contributed by atoms with Crippen molar-refractivity contribution >= 4 is 73.2 Å². The van der Waals surface area contributed by atoms with Gasteiger partial charge in [0.05, 0.1) is 28.6 Å². The molecule has 4 nitrogen and oxygen atoms in total. The third-order valence-electron chi connectivity index (χ3n) is 13.1. The Balaban J connectivity index is 0.863. The molecule has 2 unspecified atom stereocenters. The fraction of sp³-hybridized carbons (Fsp3) is 0.0667. The van der Waals surface area contributed by atoms with Crippen LogP contribution in [0.5, 0.6) is 0 Å². The molecular formula is C60H46N4. The van der Waals surface area contributed by atoms with E-state index in [0.29, 0.717) is 0 Å². The van der Waals surface area contributed by atoms with Crippen LogP contribution in [-0.2, 0) is 0 Å². The lowest BCUT2D eigenvalue weighted by Crippen LogP contribution is -2.39. The van der Waals surface area contributed by atoms with Crippen LogP contribution in [0.4, 0.5) is 22.7 Å². The summed E-state index contributed by atoms with van der Waals surface area (Å²) in [4.78, 5) is 5.00. The van der Waals surface area contributed by atoms with Crippen LogP contribution in [0.3, 0.4) is 0 Å². The van der Waals surface area contributed by atoms with Gasteiger partial charge in [-0.2, -0.15) is 0 Å². The predicted molar refractivity (Wildman–Crippen MR) is 270 cm³/mol. The van der Waals surface area contributed by atoms with Gasteiger partial charge in [-0.05, 0) is 115 Å². The van der Waals surface area contributed by atoms with Gasteiger partial charge < -0.3 is 18.9 Å². The fourth-order valence-corrected chi connectivity index (χ4v) is 10.2. The number of aromatic nitrogens is 2. The van der Waals surface area contributed by atoms with Crippen LogP contribution in [0.25, 0.3) is 61.8 Å². The average molecular weight is 823 g/mol. The Hall–Kier alpha value is -8.08. The summed E-state index contributed by atoms with van der Waals surface area (Å²) in [7, 11) is 0. The summed E-state index contributed by atoms with van der Waals surface area (Å²) >= 11 is 0. The van der Waals surface area contributed by atoms with Gasteiger partial charge in [-0.3, -0.25) is 0 Å². The van der Waals surface area contributed by atoms with E-state index in [9.17, 15) is 0 Å². The Morgan fingerprint density at radius 1 is 0.391 bits per heavy atom. The molecule has 2 aliphatic rings. The molecule has 306 valence electrons. The zero-order valence-electron chi connectivity index (χ0n) is 35.5. The standard InChI is InChI=1S/C60H46N4/c1-5-17-45(18-6-1)61(51-37-39-59-55(41-51)53-25-13-15-27-57(53)63(59)47-21-9-3-10-22-47)49-33-29-43(30-34-49)44-31-35-50(36-32-44)62(46-19-7-2-8-20-46)52-38-40-60-56(42-52)54-26-14-16-28-58(54)64(60)48-23-11-4-12-24-48/h1-35,38-42,50-51H,36-37H2. The van der Waals surface area contributed by atoms with Gasteiger partial charge in [0.15, 0.2) is 0 Å². The molecule has 0 amide bonds. The Morgan fingerprint density at radius 3 is 1.53 bits per heavy atom. The zero-order chi connectivity index (χ0) is 42.4. The second-order valence-electron chi connectivity index (χ2n) is 16.8. The first-order chi connectivity index (χ1) is 31.8. The van der Waals surface area contributed by atoms with E-state index in [0.717, 1.165) is 12.8 Å². The lowest BCUT2D eigenvalue weighted by molar-refractivity contribution is 0.787. The molecule has 0 spiro atoms. The highest BCUT2D eigenvalue weighted by Gasteiger charge is 2.25. The summed E-state index contributed by atoms with van der Waals surface area (Å²) in [6.45, 7) is 0. The number of benzene rings is 8. The largest absolute Gasteiger partial charge is 0.334 e. The van der Waals surface area contributed by atoms with Crippen LogP contribution in [0.15, 0.2) is 231 Å². The zero-order valence-corrected chi connectivity index (χ0v) is 35.5. The van der Waals surface area contributed by atoms with Crippen molar-refractivity contribution in [2.24, 2.45) is 0 Å². The summed E-state index contributed by atoms with van der Waals surface area (Å²) in [5, 5.41) is 6.35. The Labute approximate surface area is 373 Å². The van der Waals surface area contributed by atoms with Crippen molar-refractivity contribution in [2.45, 2.75) is 24.9 Å². The van der Waals surface area contributed by atoms with E-state index in [1.54, 1.807) is 0 Å². The van der Waals surface area contributed by atoms with Crippen molar-refractivity contribution in [3.63, 3.8) is 0 Å². The van der Waals surface area contributed by atoms with Crippen molar-refractivity contribution in [3.05, 3.63) is 247 Å². The second-order valence-corrected chi connectivity index (χ2v) is 16.8. The van der Waals surface area contributed by atoms with Crippen molar-refractivity contribution in [3.8, 4) is 11.4 Å². The minimum Gasteiger partial charge on any atom is -0.334 e. The molecule has 0 saturated carbocycles. The van der Waals surface area contributed by atoms with E-state index < -0.39 is 0 Å². The SMILES string of the molecule is C1=CC(N(c2ccccc2)c2ccc3c(c2)c2ccccc2n3-c2ccccc2)CC=C1c1ccc(N(c2ccccc2)C2C=c3c(n(-c4ccccc4)c4ccccc34)=CC2)cc1. The molecule has 0 fully saturated rings. The van der Waals surface area contributed by atoms with E-state index >= 15 is 0 Å². The first kappa shape index (κ1) is 37.7. The summed E-state index contributed by atoms with van der Waals surface area (Å²) < 4.78 is 4.80. The lowest BCUT2D eigenvalue weighted by Gasteiger charge is -2.34. The molecule has 0 saturated heterocycles. The quantitative estimate of drug-likeness (QED) is 0.144.